The number of amides is 1. The van der Waals surface area contributed by atoms with Crippen LogP contribution < -0.4 is 14.2 Å². The van der Waals surface area contributed by atoms with Gasteiger partial charge < -0.3 is 19.1 Å². The highest BCUT2D eigenvalue weighted by Crippen LogP contribution is 2.32. The molecule has 0 radical (unpaired) electrons. The van der Waals surface area contributed by atoms with Crippen LogP contribution in [0.25, 0.3) is 21.5 Å². The van der Waals surface area contributed by atoms with Gasteiger partial charge in [-0.3, -0.25) is 9.89 Å². The van der Waals surface area contributed by atoms with Crippen LogP contribution in [0.15, 0.2) is 48.5 Å². The Bertz CT molecular complexity index is 1280. The largest absolute Gasteiger partial charge is 0.497 e. The van der Waals surface area contributed by atoms with E-state index < -0.39 is 0 Å². The van der Waals surface area contributed by atoms with Gasteiger partial charge in [-0.15, -0.1) is 0 Å². The van der Waals surface area contributed by atoms with Crippen LogP contribution in [-0.2, 0) is 0 Å². The average Bonchev–Trinajstić information content (AvgIpc) is 3.50. The molecule has 3 heterocycles. The first-order valence-corrected chi connectivity index (χ1v) is 11.5. The van der Waals surface area contributed by atoms with Gasteiger partial charge in [0, 0.05) is 37.6 Å². The van der Waals surface area contributed by atoms with Crippen molar-refractivity contribution < 1.29 is 19.0 Å². The number of aromatic amines is 1. The van der Waals surface area contributed by atoms with Crippen molar-refractivity contribution in [3.8, 4) is 28.0 Å². The Hall–Kier alpha value is -3.59. The van der Waals surface area contributed by atoms with E-state index >= 15 is 0 Å². The second kappa shape index (κ2) is 9.11. The Labute approximate surface area is 195 Å². The molecule has 1 N–H and O–H groups in total. The smallest absolute Gasteiger partial charge is 0.274 e. The summed E-state index contributed by atoms with van der Waals surface area (Å²) in [5.41, 5.74) is 2.95. The molecule has 1 aliphatic heterocycles. The van der Waals surface area contributed by atoms with E-state index in [1.54, 1.807) is 20.3 Å². The minimum atomic E-state index is -0.0535. The topological polar surface area (TPSA) is 89.6 Å². The lowest BCUT2D eigenvalue weighted by Gasteiger charge is -2.31. The van der Waals surface area contributed by atoms with Gasteiger partial charge >= 0.3 is 0 Å². The second-order valence-corrected chi connectivity index (χ2v) is 8.81. The van der Waals surface area contributed by atoms with E-state index in [9.17, 15) is 4.79 Å². The van der Waals surface area contributed by atoms with Crippen LogP contribution >= 0.6 is 11.3 Å². The third-order valence-corrected chi connectivity index (χ3v) is 6.67. The fourth-order valence-corrected chi connectivity index (χ4v) is 4.78. The predicted molar refractivity (Wildman–Crippen MR) is 126 cm³/mol. The van der Waals surface area contributed by atoms with Crippen molar-refractivity contribution in [2.45, 2.75) is 18.9 Å². The molecule has 1 amide bonds. The maximum Gasteiger partial charge on any atom is 0.274 e. The molecule has 0 spiro atoms. The number of thiazole rings is 1. The Morgan fingerprint density at radius 1 is 1.06 bits per heavy atom. The fraction of sp³-hybridized carbons (Fsp3) is 0.292. The number of H-pyrrole nitrogens is 1. The maximum atomic E-state index is 13.0. The summed E-state index contributed by atoms with van der Waals surface area (Å²) >= 11 is 1.53. The van der Waals surface area contributed by atoms with E-state index in [0.717, 1.165) is 40.1 Å². The third kappa shape index (κ3) is 4.49. The standard InChI is InChI=1S/C24H24N4O4S/c1-30-17-5-3-4-15(12-17)19-14-21(27-26-19)23(29)28-10-8-16(9-11-28)32-24-25-20-13-18(31-2)6-7-22(20)33-24/h3-7,12-14,16H,8-11H2,1-2H3,(H,26,27). The number of aromatic nitrogens is 3. The molecule has 0 bridgehead atoms. The number of hydrogen-bond acceptors (Lipinski definition) is 7. The van der Waals surface area contributed by atoms with Crippen molar-refractivity contribution in [1.29, 1.82) is 0 Å². The van der Waals surface area contributed by atoms with E-state index in [1.807, 2.05) is 47.4 Å². The number of rotatable bonds is 6. The molecular weight excluding hydrogens is 440 g/mol. The second-order valence-electron chi connectivity index (χ2n) is 7.82. The van der Waals surface area contributed by atoms with Crippen LogP contribution in [-0.4, -0.2) is 59.4 Å². The number of carbonyl (C=O) groups is 1. The van der Waals surface area contributed by atoms with Gasteiger partial charge in [-0.05, 0) is 30.3 Å². The van der Waals surface area contributed by atoms with Crippen LogP contribution in [0.4, 0.5) is 0 Å². The monoisotopic (exact) mass is 464 g/mol. The number of fused-ring (bicyclic) bond motifs is 1. The summed E-state index contributed by atoms with van der Waals surface area (Å²) in [6.45, 7) is 1.24. The lowest BCUT2D eigenvalue weighted by Crippen LogP contribution is -2.41. The molecule has 2 aromatic carbocycles. The van der Waals surface area contributed by atoms with Gasteiger partial charge in [0.05, 0.1) is 30.1 Å². The SMILES string of the molecule is COc1cccc(-c2cc(C(=O)N3CCC(Oc4nc5cc(OC)ccc5s4)CC3)[nH]n2)c1. The van der Waals surface area contributed by atoms with Crippen molar-refractivity contribution in [3.05, 3.63) is 54.2 Å². The highest BCUT2D eigenvalue weighted by atomic mass is 32.1. The molecule has 1 saturated heterocycles. The zero-order chi connectivity index (χ0) is 22.8. The van der Waals surface area contributed by atoms with Crippen LogP contribution in [0.3, 0.4) is 0 Å². The van der Waals surface area contributed by atoms with Gasteiger partial charge in [0.1, 0.15) is 23.3 Å². The number of nitrogens with zero attached hydrogens (tertiary/aromatic N) is 3. The first-order chi connectivity index (χ1) is 16.1. The minimum Gasteiger partial charge on any atom is -0.497 e. The lowest BCUT2D eigenvalue weighted by molar-refractivity contribution is 0.0590. The Balaban J connectivity index is 1.20. The van der Waals surface area contributed by atoms with Crippen molar-refractivity contribution in [2.75, 3.05) is 27.3 Å². The van der Waals surface area contributed by atoms with Crippen LogP contribution in [0, 0.1) is 0 Å². The molecule has 33 heavy (non-hydrogen) atoms. The number of ether oxygens (including phenoxy) is 3. The first kappa shape index (κ1) is 21.3. The van der Waals surface area contributed by atoms with E-state index in [0.29, 0.717) is 29.7 Å². The molecule has 170 valence electrons. The molecule has 1 fully saturated rings. The molecule has 1 aliphatic rings. The molecule has 5 rings (SSSR count). The van der Waals surface area contributed by atoms with Crippen molar-refractivity contribution in [1.82, 2.24) is 20.1 Å². The summed E-state index contributed by atoms with van der Waals surface area (Å²) in [6.07, 6.45) is 1.54. The number of benzene rings is 2. The number of likely N-dealkylation sites (tertiary alicyclic amines) is 1. The molecule has 4 aromatic rings. The summed E-state index contributed by atoms with van der Waals surface area (Å²) in [5, 5.41) is 7.85. The fourth-order valence-electron chi connectivity index (χ4n) is 3.91. The molecular formula is C24H24N4O4S. The van der Waals surface area contributed by atoms with Crippen molar-refractivity contribution in [3.63, 3.8) is 0 Å². The van der Waals surface area contributed by atoms with Gasteiger partial charge in [0.2, 0.25) is 0 Å². The van der Waals surface area contributed by atoms with Gasteiger partial charge in [0.15, 0.2) is 0 Å². The Morgan fingerprint density at radius 3 is 2.64 bits per heavy atom. The first-order valence-electron chi connectivity index (χ1n) is 10.7. The molecule has 8 nitrogen and oxygen atoms in total. The number of hydrogen-bond donors (Lipinski definition) is 1. The normalized spacial score (nSPS) is 14.4. The van der Waals surface area contributed by atoms with Gasteiger partial charge in [-0.2, -0.15) is 5.10 Å². The summed E-state index contributed by atoms with van der Waals surface area (Å²) in [7, 11) is 3.27. The van der Waals surface area contributed by atoms with Crippen LogP contribution in [0.5, 0.6) is 16.7 Å². The highest BCUT2D eigenvalue weighted by molar-refractivity contribution is 7.20. The Kier molecular flexibility index (Phi) is 5.87. The highest BCUT2D eigenvalue weighted by Gasteiger charge is 2.26. The number of nitrogens with one attached hydrogen (secondary N) is 1. The average molecular weight is 465 g/mol. The summed E-state index contributed by atoms with van der Waals surface area (Å²) in [6, 6.07) is 15.2. The van der Waals surface area contributed by atoms with E-state index in [-0.39, 0.29) is 12.0 Å². The molecule has 9 heteroatoms. The van der Waals surface area contributed by atoms with Gasteiger partial charge in [-0.1, -0.05) is 23.5 Å². The van der Waals surface area contributed by atoms with Crippen molar-refractivity contribution >= 4 is 27.5 Å². The Morgan fingerprint density at radius 2 is 1.85 bits per heavy atom. The molecule has 0 unspecified atom stereocenters. The van der Waals surface area contributed by atoms with Gasteiger partial charge in [-0.25, -0.2) is 4.98 Å². The summed E-state index contributed by atoms with van der Waals surface area (Å²) in [4.78, 5) is 19.4. The zero-order valence-electron chi connectivity index (χ0n) is 18.4. The van der Waals surface area contributed by atoms with E-state index in [1.165, 1.54) is 11.3 Å². The molecule has 2 aromatic heterocycles. The van der Waals surface area contributed by atoms with Gasteiger partial charge in [0.25, 0.3) is 11.1 Å². The van der Waals surface area contributed by atoms with Crippen LogP contribution in [0.1, 0.15) is 23.3 Å². The lowest BCUT2D eigenvalue weighted by atomic mass is 10.1. The van der Waals surface area contributed by atoms with E-state index in [4.69, 9.17) is 14.2 Å². The molecule has 0 saturated carbocycles. The number of methoxy groups -OCH3 is 2. The van der Waals surface area contributed by atoms with Crippen LogP contribution in [0.2, 0.25) is 0 Å². The quantitative estimate of drug-likeness (QED) is 0.455. The summed E-state index contributed by atoms with van der Waals surface area (Å²) in [5.74, 6) is 1.47. The zero-order valence-corrected chi connectivity index (χ0v) is 19.2. The number of carbonyl (C=O) groups excluding carboxylic acids is 1. The predicted octanol–water partition coefficient (Wildman–Crippen LogP) is 4.39. The molecule has 0 aliphatic carbocycles. The minimum absolute atomic E-state index is 0.0330. The summed E-state index contributed by atoms with van der Waals surface area (Å²) < 4.78 is 17.7. The number of piperidine rings is 1. The van der Waals surface area contributed by atoms with E-state index in [2.05, 4.69) is 15.2 Å². The molecule has 0 atom stereocenters. The third-order valence-electron chi connectivity index (χ3n) is 5.75. The van der Waals surface area contributed by atoms with Crippen molar-refractivity contribution in [2.24, 2.45) is 0 Å². The maximum absolute atomic E-state index is 13.0.